The zero-order valence-corrected chi connectivity index (χ0v) is 24.4. The smallest absolute Gasteiger partial charge is 0.252 e. The number of aliphatic hydroxyl groups is 1. The van der Waals surface area contributed by atoms with Gasteiger partial charge in [0.25, 0.3) is 5.91 Å². The highest BCUT2D eigenvalue weighted by molar-refractivity contribution is 5.98. The maximum Gasteiger partial charge on any atom is 0.252 e. The third-order valence-electron chi connectivity index (χ3n) is 8.00. The first kappa shape index (κ1) is 30.8. The number of carbonyl (C=O) groups excluding carboxylic acids is 4. The van der Waals surface area contributed by atoms with Crippen molar-refractivity contribution in [1.29, 1.82) is 0 Å². The molecule has 11 nitrogen and oxygen atoms in total. The summed E-state index contributed by atoms with van der Waals surface area (Å²) in [6, 6.07) is 11.1. The molecule has 1 saturated carbocycles. The number of carbonyl (C=O) groups is 4. The predicted molar refractivity (Wildman–Crippen MR) is 155 cm³/mol. The average Bonchev–Trinajstić information content (AvgIpc) is 3.48. The summed E-state index contributed by atoms with van der Waals surface area (Å²) in [5.41, 5.74) is 1.12. The first-order chi connectivity index (χ1) is 20.1. The molecule has 2 aromatic carbocycles. The quantitative estimate of drug-likeness (QED) is 0.428. The zero-order valence-electron chi connectivity index (χ0n) is 24.4. The summed E-state index contributed by atoms with van der Waals surface area (Å²) >= 11 is 0. The van der Waals surface area contributed by atoms with Gasteiger partial charge in [0.05, 0.1) is 31.7 Å². The molecule has 0 aromatic heterocycles. The third kappa shape index (κ3) is 7.02. The molecule has 2 bridgehead atoms. The molecule has 2 aliphatic rings. The second-order valence-electron chi connectivity index (χ2n) is 10.9. The summed E-state index contributed by atoms with van der Waals surface area (Å²) in [7, 11) is 1.58. The van der Waals surface area contributed by atoms with Crippen molar-refractivity contribution in [2.24, 2.45) is 0 Å². The number of methoxy groups -OCH3 is 1. The van der Waals surface area contributed by atoms with Crippen LogP contribution in [0.4, 0.5) is 0 Å². The van der Waals surface area contributed by atoms with E-state index in [0.29, 0.717) is 24.3 Å². The van der Waals surface area contributed by atoms with Crippen molar-refractivity contribution in [3.8, 4) is 11.5 Å². The van der Waals surface area contributed by atoms with E-state index in [1.54, 1.807) is 25.3 Å². The van der Waals surface area contributed by atoms with E-state index in [2.05, 4.69) is 16.0 Å². The monoisotopic (exact) mass is 580 g/mol. The number of rotatable bonds is 4. The Hall–Kier alpha value is -4.12. The highest BCUT2D eigenvalue weighted by atomic mass is 16.5. The molecule has 1 aliphatic carbocycles. The van der Waals surface area contributed by atoms with E-state index >= 15 is 0 Å². The van der Waals surface area contributed by atoms with Crippen LogP contribution in [0.15, 0.2) is 42.5 Å². The summed E-state index contributed by atoms with van der Waals surface area (Å²) < 4.78 is 11.1. The number of hydrogen-bond acceptors (Lipinski definition) is 7. The van der Waals surface area contributed by atoms with Gasteiger partial charge in [-0.15, -0.1) is 0 Å². The number of amides is 4. The van der Waals surface area contributed by atoms with Crippen LogP contribution in [-0.4, -0.2) is 85.7 Å². The van der Waals surface area contributed by atoms with Crippen molar-refractivity contribution < 1.29 is 33.8 Å². The standard InChI is InChI=1S/C31H40N4O7/c1-20-6-7-22-18-25(20)42-17-15-32-26(37)19-35(16-14-33-29(39)27(21(2)36)34-28(22)38)30(40)31(12-4-5-13-31)23-8-10-24(41-3)11-9-23/h6-11,18,21,27,36H,4-5,12-17,19H2,1-3H3,(H,32,37)(H,33,39)(H,34,38)/t21-,27+/m1/s1. The Kier molecular flexibility index (Phi) is 10.1. The van der Waals surface area contributed by atoms with E-state index in [-0.39, 0.29) is 50.2 Å². The summed E-state index contributed by atoms with van der Waals surface area (Å²) in [6.07, 6.45) is 1.86. The normalized spacial score (nSPS) is 20.8. The Morgan fingerprint density at radius 2 is 1.79 bits per heavy atom. The van der Waals surface area contributed by atoms with Crippen molar-refractivity contribution in [2.75, 3.05) is 39.9 Å². The lowest BCUT2D eigenvalue weighted by atomic mass is 9.77. The second-order valence-corrected chi connectivity index (χ2v) is 10.9. The van der Waals surface area contributed by atoms with Gasteiger partial charge in [0, 0.05) is 18.7 Å². The van der Waals surface area contributed by atoms with E-state index in [1.165, 1.54) is 11.8 Å². The summed E-state index contributed by atoms with van der Waals surface area (Å²) in [6.45, 7) is 3.47. The van der Waals surface area contributed by atoms with Crippen LogP contribution in [0, 0.1) is 6.92 Å². The van der Waals surface area contributed by atoms with Crippen LogP contribution >= 0.6 is 0 Å². The molecule has 1 aliphatic heterocycles. The van der Waals surface area contributed by atoms with Crippen LogP contribution in [-0.2, 0) is 19.8 Å². The van der Waals surface area contributed by atoms with Gasteiger partial charge in [-0.2, -0.15) is 0 Å². The summed E-state index contributed by atoms with van der Waals surface area (Å²) in [5, 5.41) is 18.4. The van der Waals surface area contributed by atoms with E-state index < -0.39 is 29.4 Å². The van der Waals surface area contributed by atoms with Crippen LogP contribution in [0.2, 0.25) is 0 Å². The van der Waals surface area contributed by atoms with E-state index in [1.807, 2.05) is 31.2 Å². The first-order valence-electron chi connectivity index (χ1n) is 14.4. The van der Waals surface area contributed by atoms with Crippen LogP contribution in [0.3, 0.4) is 0 Å². The van der Waals surface area contributed by atoms with Gasteiger partial charge in [-0.1, -0.05) is 31.0 Å². The molecular formula is C31H40N4O7. The minimum absolute atomic E-state index is 0.0213. The molecule has 4 rings (SSSR count). The van der Waals surface area contributed by atoms with Gasteiger partial charge in [0.15, 0.2) is 0 Å². The van der Waals surface area contributed by atoms with Gasteiger partial charge in [0.2, 0.25) is 17.7 Å². The fourth-order valence-electron chi connectivity index (χ4n) is 5.60. The SMILES string of the molecule is COc1ccc(C2(C(=O)N3CCNC(=O)[C@H]([C@@H](C)O)NC(=O)c4ccc(C)c(c4)OCCNC(=O)C3)CCCC2)cc1. The Morgan fingerprint density at radius 3 is 2.45 bits per heavy atom. The third-order valence-corrected chi connectivity index (χ3v) is 8.00. The van der Waals surface area contributed by atoms with Gasteiger partial charge in [0.1, 0.15) is 24.1 Å². The molecular weight excluding hydrogens is 540 g/mol. The Labute approximate surface area is 245 Å². The molecule has 2 aromatic rings. The molecule has 1 heterocycles. The van der Waals surface area contributed by atoms with Crippen LogP contribution in [0.25, 0.3) is 0 Å². The van der Waals surface area contributed by atoms with Gasteiger partial charge in [-0.3, -0.25) is 19.2 Å². The molecule has 4 amide bonds. The lowest BCUT2D eigenvalue weighted by molar-refractivity contribution is -0.141. The minimum atomic E-state index is -1.23. The number of aryl methyl sites for hydroxylation is 1. The molecule has 0 unspecified atom stereocenters. The molecule has 2 atom stereocenters. The maximum absolute atomic E-state index is 14.2. The van der Waals surface area contributed by atoms with E-state index in [0.717, 1.165) is 24.0 Å². The number of nitrogens with zero attached hydrogens (tertiary/aromatic N) is 1. The maximum atomic E-state index is 14.2. The number of nitrogens with one attached hydrogen (secondary N) is 3. The topological polar surface area (TPSA) is 146 Å². The predicted octanol–water partition coefficient (Wildman–Crippen LogP) is 1.45. The lowest BCUT2D eigenvalue weighted by Crippen LogP contribution is -2.55. The number of benzene rings is 2. The van der Waals surface area contributed by atoms with Gasteiger partial charge in [-0.25, -0.2) is 0 Å². The molecule has 42 heavy (non-hydrogen) atoms. The zero-order chi connectivity index (χ0) is 30.3. The minimum Gasteiger partial charge on any atom is -0.497 e. The highest BCUT2D eigenvalue weighted by Gasteiger charge is 2.45. The van der Waals surface area contributed by atoms with Crippen molar-refractivity contribution >= 4 is 23.6 Å². The van der Waals surface area contributed by atoms with Crippen LogP contribution in [0.1, 0.15) is 54.1 Å². The van der Waals surface area contributed by atoms with Crippen molar-refractivity contribution in [3.05, 3.63) is 59.2 Å². The number of fused-ring (bicyclic) bond motifs is 2. The number of ether oxygens (including phenoxy) is 2. The highest BCUT2D eigenvalue weighted by Crippen LogP contribution is 2.43. The van der Waals surface area contributed by atoms with Crippen LogP contribution in [0.5, 0.6) is 11.5 Å². The van der Waals surface area contributed by atoms with Crippen LogP contribution < -0.4 is 25.4 Å². The Morgan fingerprint density at radius 1 is 1.07 bits per heavy atom. The Balaban J connectivity index is 1.59. The lowest BCUT2D eigenvalue weighted by Gasteiger charge is -2.35. The fourth-order valence-corrected chi connectivity index (χ4v) is 5.60. The molecule has 11 heteroatoms. The van der Waals surface area contributed by atoms with Gasteiger partial charge < -0.3 is 35.4 Å². The first-order valence-corrected chi connectivity index (χ1v) is 14.4. The average molecular weight is 581 g/mol. The second kappa shape index (κ2) is 13.7. The fraction of sp³-hybridized carbons (Fsp3) is 0.484. The summed E-state index contributed by atoms with van der Waals surface area (Å²) in [5.74, 6) is -0.540. The van der Waals surface area contributed by atoms with Crippen molar-refractivity contribution in [2.45, 2.75) is 57.1 Å². The molecule has 0 spiro atoms. The van der Waals surface area contributed by atoms with E-state index in [4.69, 9.17) is 9.47 Å². The summed E-state index contributed by atoms with van der Waals surface area (Å²) in [4.78, 5) is 54.8. The van der Waals surface area contributed by atoms with Crippen molar-refractivity contribution in [3.63, 3.8) is 0 Å². The molecule has 1 fully saturated rings. The Bertz CT molecular complexity index is 1290. The van der Waals surface area contributed by atoms with Gasteiger partial charge in [-0.05, 0) is 62.1 Å². The van der Waals surface area contributed by atoms with E-state index in [9.17, 15) is 24.3 Å². The molecule has 226 valence electrons. The van der Waals surface area contributed by atoms with Gasteiger partial charge >= 0.3 is 0 Å². The van der Waals surface area contributed by atoms with Crippen molar-refractivity contribution in [1.82, 2.24) is 20.9 Å². The number of aliphatic hydroxyl groups excluding tert-OH is 1. The number of hydrogen-bond donors (Lipinski definition) is 4. The molecule has 0 radical (unpaired) electrons. The molecule has 4 N–H and O–H groups in total. The largest absolute Gasteiger partial charge is 0.497 e. The molecule has 0 saturated heterocycles.